The molecule has 0 aliphatic rings. The summed E-state index contributed by atoms with van der Waals surface area (Å²) in [6.45, 7) is 8.59. The Morgan fingerprint density at radius 2 is 1.63 bits per heavy atom. The number of aliphatic imine (C=N–C) groups is 1. The number of allylic oxidation sites excluding steroid dienone is 1. The number of ether oxygens (including phenoxy) is 1. The van der Waals surface area contributed by atoms with E-state index in [4.69, 9.17) is 27.9 Å². The molecule has 4 rings (SSSR count). The summed E-state index contributed by atoms with van der Waals surface area (Å²) in [4.78, 5) is 4.54. The highest BCUT2D eigenvalue weighted by atomic mass is 35.5. The van der Waals surface area contributed by atoms with Crippen molar-refractivity contribution in [3.05, 3.63) is 106 Å². The maximum Gasteiger partial charge on any atom is 0.174 e. The summed E-state index contributed by atoms with van der Waals surface area (Å²) in [5, 5.41) is 18.0. The fraction of sp³-hybridized carbons (Fsp3) is 0.250. The van der Waals surface area contributed by atoms with Crippen molar-refractivity contribution in [2.24, 2.45) is 4.99 Å². The van der Waals surface area contributed by atoms with Gasteiger partial charge in [0, 0.05) is 36.5 Å². The van der Waals surface area contributed by atoms with Crippen molar-refractivity contribution in [2.45, 2.75) is 40.5 Å². The molecule has 0 atom stereocenters. The third-order valence-electron chi connectivity index (χ3n) is 5.38. The van der Waals surface area contributed by atoms with Crippen LogP contribution in [-0.2, 0) is 6.42 Å². The van der Waals surface area contributed by atoms with Crippen molar-refractivity contribution >= 4 is 41.2 Å². The first-order valence-electron chi connectivity index (χ1n) is 13.7. The van der Waals surface area contributed by atoms with E-state index in [0.29, 0.717) is 28.2 Å². The van der Waals surface area contributed by atoms with E-state index in [-0.39, 0.29) is 0 Å². The first kappa shape index (κ1) is 33.3. The molecule has 0 fully saturated rings. The van der Waals surface area contributed by atoms with Crippen LogP contribution in [0.25, 0.3) is 22.9 Å². The second-order valence-corrected chi connectivity index (χ2v) is 8.85. The van der Waals surface area contributed by atoms with Gasteiger partial charge in [0.2, 0.25) is 0 Å². The van der Waals surface area contributed by atoms with Gasteiger partial charge in [0.25, 0.3) is 0 Å². The molecule has 7 nitrogen and oxygen atoms in total. The number of halogens is 2. The predicted octanol–water partition coefficient (Wildman–Crippen LogP) is 8.54. The number of rotatable bonds is 11. The second kappa shape index (κ2) is 19.2. The summed E-state index contributed by atoms with van der Waals surface area (Å²) >= 11 is 12.3. The normalized spacial score (nSPS) is 11.0. The molecule has 1 heterocycles. The Bertz CT molecular complexity index is 1370. The zero-order valence-electron chi connectivity index (χ0n) is 24.2. The van der Waals surface area contributed by atoms with Crippen LogP contribution in [0.1, 0.15) is 51.1 Å². The molecule has 0 aliphatic heterocycles. The minimum Gasteiger partial charge on any atom is -0.494 e. The number of tetrazole rings is 1. The number of aromatic amines is 1. The molecule has 4 aromatic rings. The summed E-state index contributed by atoms with van der Waals surface area (Å²) in [7, 11) is 1.82. The number of aromatic nitrogens is 4. The molecule has 0 aliphatic carbocycles. The quantitative estimate of drug-likeness (QED) is 0.134. The summed E-state index contributed by atoms with van der Waals surface area (Å²) < 4.78 is 5.81. The number of H-pyrrole nitrogens is 1. The molecule has 2 N–H and O–H groups in total. The van der Waals surface area contributed by atoms with Crippen LogP contribution >= 0.6 is 23.2 Å². The van der Waals surface area contributed by atoms with Crippen molar-refractivity contribution in [3.8, 4) is 16.9 Å². The molecule has 0 saturated carbocycles. The lowest BCUT2D eigenvalue weighted by atomic mass is 10.0. The maximum absolute atomic E-state index is 6.33. The smallest absolute Gasteiger partial charge is 0.174 e. The van der Waals surface area contributed by atoms with Gasteiger partial charge in [-0.3, -0.25) is 4.99 Å². The molecule has 1 aromatic heterocycles. The minimum atomic E-state index is 0.547. The van der Waals surface area contributed by atoms with Gasteiger partial charge in [-0.25, -0.2) is 0 Å². The van der Waals surface area contributed by atoms with Crippen molar-refractivity contribution in [3.63, 3.8) is 0 Å². The molecule has 0 spiro atoms. The number of nitrogens with one attached hydrogen (secondary N) is 2. The zero-order chi connectivity index (χ0) is 29.9. The summed E-state index contributed by atoms with van der Waals surface area (Å²) in [5.41, 5.74) is 4.84. The van der Waals surface area contributed by atoms with Gasteiger partial charge in [-0.1, -0.05) is 98.6 Å². The van der Waals surface area contributed by atoms with Crippen LogP contribution in [0.2, 0.25) is 10.0 Å². The van der Waals surface area contributed by atoms with E-state index in [0.717, 1.165) is 40.8 Å². The van der Waals surface area contributed by atoms with E-state index < -0.39 is 0 Å². The molecule has 9 heteroatoms. The molecule has 0 unspecified atom stereocenters. The standard InChI is InChI=1S/C28H26Cl2N6O.2C2H6/c1-31-19-27(25-15-12-23(29)18-26(25)30)32-16-2-4-20-6-8-21(9-7-20)22-10-13-24(14-11-22)37-17-3-5-28-33-35-36-34-28;2*1-2/h2,4,6-16,18-19,31H,3,5,17H2,1H3,(H,33,34,35,36);2*1-2H3/b4-2+,27-19-,32-16-;;. The molecular weight excluding hydrogens is 555 g/mol. The lowest BCUT2D eigenvalue weighted by molar-refractivity contribution is 0.310. The molecule has 41 heavy (non-hydrogen) atoms. The average molecular weight is 594 g/mol. The third-order valence-corrected chi connectivity index (χ3v) is 5.93. The van der Waals surface area contributed by atoms with Gasteiger partial charge in [-0.15, -0.1) is 10.2 Å². The highest BCUT2D eigenvalue weighted by Crippen LogP contribution is 2.27. The van der Waals surface area contributed by atoms with Crippen LogP contribution in [0, 0.1) is 0 Å². The molecule has 0 amide bonds. The van der Waals surface area contributed by atoms with Crippen molar-refractivity contribution < 1.29 is 4.74 Å². The highest BCUT2D eigenvalue weighted by molar-refractivity contribution is 6.35. The van der Waals surface area contributed by atoms with Crippen molar-refractivity contribution in [1.82, 2.24) is 25.9 Å². The number of nitrogens with zero attached hydrogens (tertiary/aromatic N) is 4. The fourth-order valence-electron chi connectivity index (χ4n) is 3.53. The molecular formula is C32H38Cl2N6O. The summed E-state index contributed by atoms with van der Waals surface area (Å²) in [6, 6.07) is 21.8. The average Bonchev–Trinajstić information content (AvgIpc) is 3.54. The van der Waals surface area contributed by atoms with Gasteiger partial charge in [0.15, 0.2) is 5.82 Å². The van der Waals surface area contributed by atoms with E-state index >= 15 is 0 Å². The zero-order valence-corrected chi connectivity index (χ0v) is 25.7. The van der Waals surface area contributed by atoms with Crippen LogP contribution in [0.5, 0.6) is 5.75 Å². The van der Waals surface area contributed by atoms with Crippen LogP contribution in [0.4, 0.5) is 0 Å². The number of hydrogen-bond acceptors (Lipinski definition) is 6. The van der Waals surface area contributed by atoms with Crippen LogP contribution in [0.15, 0.2) is 84.0 Å². The first-order valence-corrected chi connectivity index (χ1v) is 14.5. The lowest BCUT2D eigenvalue weighted by Gasteiger charge is -2.07. The van der Waals surface area contributed by atoms with Gasteiger partial charge in [0.1, 0.15) is 5.75 Å². The minimum absolute atomic E-state index is 0.547. The SMILES string of the molecule is CC.CC.CN\C=C(/N=C\C=C\c1ccc(-c2ccc(OCCCc3nn[nH]n3)cc2)cc1)c1ccc(Cl)cc1Cl. The Morgan fingerprint density at radius 1 is 0.951 bits per heavy atom. The van der Waals surface area contributed by atoms with Gasteiger partial charge in [0.05, 0.1) is 17.3 Å². The largest absolute Gasteiger partial charge is 0.494 e. The number of aryl methyl sites for hydroxylation is 1. The molecule has 216 valence electrons. The van der Waals surface area contributed by atoms with Crippen LogP contribution < -0.4 is 10.1 Å². The van der Waals surface area contributed by atoms with E-state index in [1.807, 2.05) is 65.1 Å². The maximum atomic E-state index is 6.33. The Kier molecular flexibility index (Phi) is 15.6. The second-order valence-electron chi connectivity index (χ2n) is 8.01. The first-order chi connectivity index (χ1) is 20.1. The van der Waals surface area contributed by atoms with Gasteiger partial charge in [-0.2, -0.15) is 5.21 Å². The number of benzene rings is 3. The molecule has 0 radical (unpaired) electrons. The monoisotopic (exact) mass is 592 g/mol. The van der Waals surface area contributed by atoms with Gasteiger partial charge >= 0.3 is 0 Å². The Hall–Kier alpha value is -3.94. The van der Waals surface area contributed by atoms with Crippen LogP contribution in [-0.4, -0.2) is 40.5 Å². The fourth-order valence-corrected chi connectivity index (χ4v) is 4.04. The molecule has 3 aromatic carbocycles. The Balaban J connectivity index is 0.00000141. The van der Waals surface area contributed by atoms with E-state index in [2.05, 4.69) is 67.3 Å². The summed E-state index contributed by atoms with van der Waals surface area (Å²) in [6.07, 6.45) is 8.98. The van der Waals surface area contributed by atoms with E-state index in [1.54, 1.807) is 24.5 Å². The topological polar surface area (TPSA) is 88.1 Å². The van der Waals surface area contributed by atoms with Crippen LogP contribution in [0.3, 0.4) is 0 Å². The highest BCUT2D eigenvalue weighted by Gasteiger charge is 2.06. The van der Waals surface area contributed by atoms with Crippen molar-refractivity contribution in [2.75, 3.05) is 13.7 Å². The molecule has 0 bridgehead atoms. The van der Waals surface area contributed by atoms with E-state index in [1.165, 1.54) is 0 Å². The Morgan fingerprint density at radius 3 is 2.24 bits per heavy atom. The molecule has 0 saturated heterocycles. The van der Waals surface area contributed by atoms with E-state index in [9.17, 15) is 0 Å². The third kappa shape index (κ3) is 11.2. The Labute approximate surface area is 253 Å². The van der Waals surface area contributed by atoms with Crippen molar-refractivity contribution in [1.29, 1.82) is 0 Å². The van der Waals surface area contributed by atoms with Gasteiger partial charge < -0.3 is 10.1 Å². The summed E-state index contributed by atoms with van der Waals surface area (Å²) in [5.74, 6) is 1.53. The number of hydrogen-bond donors (Lipinski definition) is 2. The predicted molar refractivity (Wildman–Crippen MR) is 174 cm³/mol. The lowest BCUT2D eigenvalue weighted by Crippen LogP contribution is -2.00. The van der Waals surface area contributed by atoms with Gasteiger partial charge in [-0.05, 0) is 59.5 Å².